The molecule has 5 nitrogen and oxygen atoms in total. The number of hydrogen-bond acceptors (Lipinski definition) is 3. The van der Waals surface area contributed by atoms with E-state index < -0.39 is 17.6 Å². The van der Waals surface area contributed by atoms with Gasteiger partial charge in [-0.25, -0.2) is 4.39 Å². The molecule has 0 aliphatic carbocycles. The molecule has 0 saturated carbocycles. The first kappa shape index (κ1) is 18.3. The summed E-state index contributed by atoms with van der Waals surface area (Å²) in [6.45, 7) is 0.487. The van der Waals surface area contributed by atoms with E-state index in [1.54, 1.807) is 36.5 Å². The summed E-state index contributed by atoms with van der Waals surface area (Å²) >= 11 is 5.89. The van der Waals surface area contributed by atoms with E-state index in [1.807, 2.05) is 4.57 Å². The van der Waals surface area contributed by atoms with Gasteiger partial charge in [0.25, 0.3) is 11.8 Å². The van der Waals surface area contributed by atoms with Gasteiger partial charge in [0.15, 0.2) is 0 Å². The summed E-state index contributed by atoms with van der Waals surface area (Å²) in [6.07, 6.45) is 1.74. The summed E-state index contributed by atoms with van der Waals surface area (Å²) in [5, 5.41) is 2.90. The second-order valence-electron chi connectivity index (χ2n) is 6.35. The number of halogens is 2. The predicted molar refractivity (Wildman–Crippen MR) is 106 cm³/mol. The quantitative estimate of drug-likeness (QED) is 0.527. The number of benzene rings is 2. The summed E-state index contributed by atoms with van der Waals surface area (Å²) in [5.41, 5.74) is 2.22. The fourth-order valence-electron chi connectivity index (χ4n) is 3.51. The van der Waals surface area contributed by atoms with Gasteiger partial charge in [-0.3, -0.25) is 14.9 Å². The van der Waals surface area contributed by atoms with Crippen molar-refractivity contribution >= 4 is 45.5 Å². The highest BCUT2D eigenvalue weighted by Gasteiger charge is 2.34. The third kappa shape index (κ3) is 2.96. The zero-order valence-electron chi connectivity index (χ0n) is 15.0. The molecule has 0 saturated heterocycles. The molecule has 1 N–H and O–H groups in total. The SMILES string of the molecule is COc1cccc(C2=C(c3cn(CCCl)c4ccc(F)cc34)C(=O)NC2=O)c1. The number of amides is 2. The molecule has 28 heavy (non-hydrogen) atoms. The number of carbonyl (C=O) groups excluding carboxylic acids is 2. The molecule has 3 aromatic rings. The van der Waals surface area contributed by atoms with E-state index in [-0.39, 0.29) is 11.1 Å². The molecule has 0 radical (unpaired) electrons. The van der Waals surface area contributed by atoms with Crippen LogP contribution in [0.15, 0.2) is 48.7 Å². The van der Waals surface area contributed by atoms with Gasteiger partial charge in [0.2, 0.25) is 0 Å². The summed E-state index contributed by atoms with van der Waals surface area (Å²) in [5.74, 6) is -0.522. The molecule has 0 unspecified atom stereocenters. The van der Waals surface area contributed by atoms with Crippen LogP contribution in [-0.2, 0) is 16.1 Å². The van der Waals surface area contributed by atoms with Gasteiger partial charge in [0, 0.05) is 35.1 Å². The number of carbonyl (C=O) groups is 2. The Morgan fingerprint density at radius 3 is 2.64 bits per heavy atom. The maximum absolute atomic E-state index is 14.0. The van der Waals surface area contributed by atoms with Crippen molar-refractivity contribution in [2.45, 2.75) is 6.54 Å². The van der Waals surface area contributed by atoms with Gasteiger partial charge in [-0.1, -0.05) is 12.1 Å². The van der Waals surface area contributed by atoms with Crippen molar-refractivity contribution in [2.24, 2.45) is 0 Å². The van der Waals surface area contributed by atoms with Crippen LogP contribution in [0.5, 0.6) is 5.75 Å². The van der Waals surface area contributed by atoms with Crippen molar-refractivity contribution in [3.05, 3.63) is 65.6 Å². The van der Waals surface area contributed by atoms with Crippen molar-refractivity contribution in [1.29, 1.82) is 0 Å². The van der Waals surface area contributed by atoms with Crippen LogP contribution in [0.2, 0.25) is 0 Å². The number of nitrogens with one attached hydrogen (secondary N) is 1. The largest absolute Gasteiger partial charge is 0.497 e. The Balaban J connectivity index is 2.02. The molecular formula is C21H16ClFN2O3. The lowest BCUT2D eigenvalue weighted by Crippen LogP contribution is -2.22. The van der Waals surface area contributed by atoms with Gasteiger partial charge in [-0.05, 0) is 35.9 Å². The van der Waals surface area contributed by atoms with Crippen LogP contribution in [0.25, 0.3) is 22.0 Å². The van der Waals surface area contributed by atoms with E-state index in [0.29, 0.717) is 34.7 Å². The molecule has 0 bridgehead atoms. The van der Waals surface area contributed by atoms with Crippen molar-refractivity contribution < 1.29 is 18.7 Å². The van der Waals surface area contributed by atoms with Crippen LogP contribution >= 0.6 is 11.6 Å². The van der Waals surface area contributed by atoms with Gasteiger partial charge in [-0.15, -0.1) is 11.6 Å². The molecule has 2 heterocycles. The Labute approximate surface area is 165 Å². The maximum Gasteiger partial charge on any atom is 0.259 e. The lowest BCUT2D eigenvalue weighted by atomic mass is 9.96. The molecule has 2 amide bonds. The summed E-state index contributed by atoms with van der Waals surface area (Å²) < 4.78 is 21.0. The van der Waals surface area contributed by atoms with Crippen molar-refractivity contribution in [1.82, 2.24) is 9.88 Å². The highest BCUT2D eigenvalue weighted by Crippen LogP contribution is 2.37. The number of nitrogens with zero attached hydrogens (tertiary/aromatic N) is 1. The predicted octanol–water partition coefficient (Wildman–Crippen LogP) is 3.60. The van der Waals surface area contributed by atoms with Crippen LogP contribution < -0.4 is 10.1 Å². The van der Waals surface area contributed by atoms with Crippen LogP contribution in [0, 0.1) is 5.82 Å². The number of fused-ring (bicyclic) bond motifs is 1. The number of methoxy groups -OCH3 is 1. The molecule has 7 heteroatoms. The monoisotopic (exact) mass is 398 g/mol. The molecule has 4 rings (SSSR count). The van der Waals surface area contributed by atoms with Crippen LogP contribution in [-0.4, -0.2) is 29.4 Å². The average molecular weight is 399 g/mol. The van der Waals surface area contributed by atoms with Crippen molar-refractivity contribution in [3.8, 4) is 5.75 Å². The Morgan fingerprint density at radius 2 is 1.89 bits per heavy atom. The minimum Gasteiger partial charge on any atom is -0.497 e. The van der Waals surface area contributed by atoms with Gasteiger partial charge in [0.1, 0.15) is 11.6 Å². The van der Waals surface area contributed by atoms with Crippen molar-refractivity contribution in [3.63, 3.8) is 0 Å². The highest BCUT2D eigenvalue weighted by atomic mass is 35.5. The number of ether oxygens (including phenoxy) is 1. The van der Waals surface area contributed by atoms with Gasteiger partial charge < -0.3 is 9.30 Å². The van der Waals surface area contributed by atoms with Gasteiger partial charge in [-0.2, -0.15) is 0 Å². The average Bonchev–Trinajstić information content (AvgIpc) is 3.18. The Bertz CT molecular complexity index is 1150. The number of hydrogen-bond donors (Lipinski definition) is 1. The molecule has 1 aliphatic rings. The van der Waals surface area contributed by atoms with E-state index in [2.05, 4.69) is 5.32 Å². The first-order valence-electron chi connectivity index (χ1n) is 8.62. The molecule has 0 fully saturated rings. The fourth-order valence-corrected chi connectivity index (χ4v) is 3.69. The van der Waals surface area contributed by atoms with Crippen LogP contribution in [0.3, 0.4) is 0 Å². The van der Waals surface area contributed by atoms with E-state index in [4.69, 9.17) is 16.3 Å². The first-order valence-corrected chi connectivity index (χ1v) is 9.16. The Kier molecular flexibility index (Phi) is 4.65. The zero-order chi connectivity index (χ0) is 19.8. The third-order valence-corrected chi connectivity index (χ3v) is 4.90. The number of imide groups is 1. The van der Waals surface area contributed by atoms with E-state index in [9.17, 15) is 14.0 Å². The molecular weight excluding hydrogens is 383 g/mol. The number of aryl methyl sites for hydroxylation is 1. The fraction of sp³-hybridized carbons (Fsp3) is 0.143. The van der Waals surface area contributed by atoms with Crippen LogP contribution in [0.4, 0.5) is 4.39 Å². The lowest BCUT2D eigenvalue weighted by molar-refractivity contribution is -0.122. The molecule has 2 aromatic carbocycles. The highest BCUT2D eigenvalue weighted by molar-refractivity contribution is 6.50. The number of alkyl halides is 1. The van der Waals surface area contributed by atoms with Crippen molar-refractivity contribution in [2.75, 3.05) is 13.0 Å². The molecule has 142 valence electrons. The zero-order valence-corrected chi connectivity index (χ0v) is 15.7. The summed E-state index contributed by atoms with van der Waals surface area (Å²) in [4.78, 5) is 25.2. The summed E-state index contributed by atoms with van der Waals surface area (Å²) in [7, 11) is 1.52. The molecule has 0 atom stereocenters. The Morgan fingerprint density at radius 1 is 1.11 bits per heavy atom. The van der Waals surface area contributed by atoms with E-state index in [1.165, 1.54) is 19.2 Å². The maximum atomic E-state index is 14.0. The minimum absolute atomic E-state index is 0.210. The number of rotatable bonds is 5. The second kappa shape index (κ2) is 7.13. The van der Waals surface area contributed by atoms with E-state index in [0.717, 1.165) is 5.52 Å². The standard InChI is InChI=1S/C21H16ClFN2O3/c1-28-14-4-2-3-12(9-14)18-19(21(27)24-20(18)26)16-11-25(8-7-22)17-6-5-13(23)10-15(16)17/h2-6,9-11H,7-8H2,1H3,(H,24,26,27). The lowest BCUT2D eigenvalue weighted by Gasteiger charge is -2.06. The minimum atomic E-state index is -0.517. The smallest absolute Gasteiger partial charge is 0.259 e. The topological polar surface area (TPSA) is 60.3 Å². The van der Waals surface area contributed by atoms with Crippen LogP contribution in [0.1, 0.15) is 11.1 Å². The molecule has 1 aliphatic heterocycles. The number of aromatic nitrogens is 1. The normalized spacial score (nSPS) is 14.1. The Hall–Kier alpha value is -3.12. The first-order chi connectivity index (χ1) is 13.5. The molecule has 1 aromatic heterocycles. The van der Waals surface area contributed by atoms with Gasteiger partial charge >= 0.3 is 0 Å². The summed E-state index contributed by atoms with van der Waals surface area (Å²) in [6, 6.07) is 11.3. The second-order valence-corrected chi connectivity index (χ2v) is 6.73. The molecule has 0 spiro atoms. The third-order valence-electron chi connectivity index (χ3n) is 4.73. The van der Waals surface area contributed by atoms with E-state index >= 15 is 0 Å². The van der Waals surface area contributed by atoms with Gasteiger partial charge in [0.05, 0.1) is 18.3 Å².